The number of thiazole rings is 1. The van der Waals surface area contributed by atoms with Crippen LogP contribution in [0.4, 0.5) is 27.1 Å². The number of alkyl halides is 3. The summed E-state index contributed by atoms with van der Waals surface area (Å²) in [7, 11) is -4.37. The van der Waals surface area contributed by atoms with Crippen molar-refractivity contribution in [2.75, 3.05) is 31.2 Å². The highest BCUT2D eigenvalue weighted by molar-refractivity contribution is 7.90. The van der Waals surface area contributed by atoms with Crippen LogP contribution in [0.3, 0.4) is 0 Å². The fourth-order valence-electron chi connectivity index (χ4n) is 4.07. The molecule has 2 aromatic carbocycles. The van der Waals surface area contributed by atoms with Crippen molar-refractivity contribution in [3.05, 3.63) is 76.7 Å². The lowest BCUT2D eigenvalue weighted by Crippen LogP contribution is -2.36. The summed E-state index contributed by atoms with van der Waals surface area (Å²) < 4.78 is 91.7. The van der Waals surface area contributed by atoms with Gasteiger partial charge in [-0.2, -0.15) is 13.2 Å². The molecule has 1 aliphatic rings. The molecule has 234 valence electrons. The molecule has 0 radical (unpaired) electrons. The van der Waals surface area contributed by atoms with Gasteiger partial charge in [0.25, 0.3) is 0 Å². The predicted molar refractivity (Wildman–Crippen MR) is 152 cm³/mol. The molecule has 0 aliphatic carbocycles. The second kappa shape index (κ2) is 13.5. The molecule has 2 aromatic heterocycles. The number of aryl methyl sites for hydroxylation is 1. The highest BCUT2D eigenvalue weighted by Gasteiger charge is 2.38. The summed E-state index contributed by atoms with van der Waals surface area (Å²) in [6, 6.07) is 9.60. The van der Waals surface area contributed by atoms with Gasteiger partial charge in [-0.3, -0.25) is 0 Å². The third-order valence-corrected chi connectivity index (χ3v) is 9.35. The molecule has 9 nitrogen and oxygen atoms in total. The Morgan fingerprint density at radius 1 is 1.07 bits per heavy atom. The Kier molecular flexibility index (Phi) is 10.2. The minimum atomic E-state index is -5.08. The number of carboxylic acids is 1. The minimum absolute atomic E-state index is 0.133. The topological polar surface area (TPSA) is 123 Å². The Hall–Kier alpha value is -3.73. The number of hydrogen-bond donors (Lipinski definition) is 1. The van der Waals surface area contributed by atoms with Crippen LogP contribution in [0.25, 0.3) is 21.8 Å². The molecule has 0 unspecified atom stereocenters. The van der Waals surface area contributed by atoms with E-state index in [1.165, 1.54) is 17.4 Å². The number of hydrogen-bond acceptors (Lipinski definition) is 9. The van der Waals surface area contributed by atoms with Crippen molar-refractivity contribution in [1.29, 1.82) is 0 Å². The van der Waals surface area contributed by atoms with Crippen molar-refractivity contribution in [1.82, 2.24) is 15.0 Å². The van der Waals surface area contributed by atoms with E-state index in [1.807, 2.05) is 0 Å². The lowest BCUT2D eigenvalue weighted by atomic mass is 10.1. The number of morpholine rings is 1. The van der Waals surface area contributed by atoms with Crippen LogP contribution in [0, 0.1) is 18.6 Å². The van der Waals surface area contributed by atoms with Crippen LogP contribution in [0.15, 0.2) is 53.6 Å². The first kappa shape index (κ1) is 33.2. The fourth-order valence-corrected chi connectivity index (χ4v) is 7.06. The summed E-state index contributed by atoms with van der Waals surface area (Å²) >= 11 is 8.19. The van der Waals surface area contributed by atoms with E-state index in [4.69, 9.17) is 31.2 Å². The molecule has 0 bridgehead atoms. The molecule has 5 rings (SSSR count). The molecule has 17 heteroatoms. The third kappa shape index (κ3) is 7.67. The maximum absolute atomic E-state index is 14.3. The molecule has 0 saturated carbocycles. The maximum atomic E-state index is 14.3. The monoisotopic (exact) mass is 676 g/mol. The van der Waals surface area contributed by atoms with Crippen LogP contribution in [0.2, 0.25) is 5.02 Å². The average molecular weight is 677 g/mol. The number of aromatic nitrogens is 3. The summed E-state index contributed by atoms with van der Waals surface area (Å²) in [5.74, 6) is -5.15. The third-order valence-electron chi connectivity index (χ3n) is 6.06. The number of carbonyl (C=O) groups is 1. The number of aliphatic carboxylic acids is 1. The Morgan fingerprint density at radius 2 is 1.68 bits per heavy atom. The van der Waals surface area contributed by atoms with Crippen molar-refractivity contribution in [3.8, 4) is 21.8 Å². The van der Waals surface area contributed by atoms with E-state index in [0.717, 1.165) is 28.2 Å². The highest BCUT2D eigenvalue weighted by atomic mass is 35.5. The number of sulfone groups is 1. The number of nitrogens with zero attached hydrogens (tertiary/aromatic N) is 4. The van der Waals surface area contributed by atoms with Crippen LogP contribution in [-0.2, 0) is 25.1 Å². The summed E-state index contributed by atoms with van der Waals surface area (Å²) in [6.45, 7) is 4.30. The van der Waals surface area contributed by atoms with Gasteiger partial charge in [0.05, 0.1) is 40.3 Å². The maximum Gasteiger partial charge on any atom is 0.490 e. The smallest absolute Gasteiger partial charge is 0.475 e. The van der Waals surface area contributed by atoms with E-state index in [0.29, 0.717) is 49.1 Å². The lowest BCUT2D eigenvalue weighted by Gasteiger charge is -2.26. The van der Waals surface area contributed by atoms with Gasteiger partial charge in [0, 0.05) is 24.8 Å². The summed E-state index contributed by atoms with van der Waals surface area (Å²) in [6.07, 6.45) is -3.43. The molecule has 1 saturated heterocycles. The fraction of sp³-hybridized carbons (Fsp3) is 0.259. The lowest BCUT2D eigenvalue weighted by molar-refractivity contribution is -0.192. The van der Waals surface area contributed by atoms with Gasteiger partial charge in [-0.1, -0.05) is 47.2 Å². The molecule has 1 fully saturated rings. The first-order valence-corrected chi connectivity index (χ1v) is 15.4. The zero-order chi connectivity index (χ0) is 32.2. The first-order valence-electron chi connectivity index (χ1n) is 12.6. The van der Waals surface area contributed by atoms with Crippen molar-refractivity contribution in [3.63, 3.8) is 0 Å². The highest BCUT2D eigenvalue weighted by Crippen LogP contribution is 2.43. The zero-order valence-corrected chi connectivity index (χ0v) is 25.0. The van der Waals surface area contributed by atoms with Gasteiger partial charge in [-0.15, -0.1) is 0 Å². The standard InChI is InChI=1S/C25H21ClF2N4O3S2.C2HF3O2/c1-15-29-9-8-20(30-15)23-22(31-25(36-23)32-10-12-35-13-11-32)17-5-2-4-16(21(17)26)14-37(33,34)24-18(27)6-3-7-19(24)28;3-2(4,5)1(6)7/h2-9H,10-14H2,1H3;(H,6,7). The average Bonchev–Trinajstić information content (AvgIpc) is 3.40. The molecular weight excluding hydrogens is 655 g/mol. The Labute approximate surface area is 256 Å². The van der Waals surface area contributed by atoms with Crippen molar-refractivity contribution in [2.24, 2.45) is 0 Å². The summed E-state index contributed by atoms with van der Waals surface area (Å²) in [5, 5.41) is 8.01. The zero-order valence-electron chi connectivity index (χ0n) is 22.6. The normalized spacial score (nSPS) is 13.8. The van der Waals surface area contributed by atoms with E-state index in [-0.39, 0.29) is 10.6 Å². The van der Waals surface area contributed by atoms with Gasteiger partial charge in [0.15, 0.2) is 15.0 Å². The number of rotatable bonds is 6. The Morgan fingerprint density at radius 3 is 2.27 bits per heavy atom. The van der Waals surface area contributed by atoms with Crippen molar-refractivity contribution >= 4 is 43.9 Å². The summed E-state index contributed by atoms with van der Waals surface area (Å²) in [4.78, 5) is 24.4. The second-order valence-electron chi connectivity index (χ2n) is 9.15. The van der Waals surface area contributed by atoms with E-state index in [9.17, 15) is 30.4 Å². The van der Waals surface area contributed by atoms with E-state index >= 15 is 0 Å². The molecule has 0 spiro atoms. The molecule has 0 atom stereocenters. The molecule has 1 N–H and O–H groups in total. The number of ether oxygens (including phenoxy) is 1. The van der Waals surface area contributed by atoms with Crippen LogP contribution in [0.5, 0.6) is 0 Å². The first-order chi connectivity index (χ1) is 20.7. The Bertz CT molecular complexity index is 1760. The quantitative estimate of drug-likeness (QED) is 0.247. The molecule has 0 amide bonds. The molecular formula is C27H22ClF5N4O5S2. The van der Waals surface area contributed by atoms with Gasteiger partial charge in [-0.05, 0) is 30.7 Å². The largest absolute Gasteiger partial charge is 0.490 e. The molecule has 4 aromatic rings. The van der Waals surface area contributed by atoms with Crippen molar-refractivity contribution in [2.45, 2.75) is 23.7 Å². The SMILES string of the molecule is Cc1nccc(-c2sc(N3CCOCC3)nc2-c2cccc(CS(=O)(=O)c3c(F)cccc3F)c2Cl)n1.O=C(O)C(F)(F)F. The van der Waals surface area contributed by atoms with E-state index < -0.39 is 44.3 Å². The molecule has 3 heterocycles. The van der Waals surface area contributed by atoms with E-state index in [2.05, 4.69) is 14.9 Å². The number of carboxylic acid groups (broad SMARTS) is 1. The van der Waals surface area contributed by atoms with Crippen LogP contribution in [-0.4, -0.2) is 66.9 Å². The Balaban J connectivity index is 0.000000566. The predicted octanol–water partition coefficient (Wildman–Crippen LogP) is 5.95. The van der Waals surface area contributed by atoms with E-state index in [1.54, 1.807) is 31.3 Å². The second-order valence-corrected chi connectivity index (χ2v) is 12.4. The van der Waals surface area contributed by atoms with Crippen LogP contribution >= 0.6 is 22.9 Å². The van der Waals surface area contributed by atoms with Gasteiger partial charge in [0.1, 0.15) is 22.4 Å². The van der Waals surface area contributed by atoms with Gasteiger partial charge < -0.3 is 14.7 Å². The minimum Gasteiger partial charge on any atom is -0.475 e. The van der Waals surface area contributed by atoms with Gasteiger partial charge >= 0.3 is 12.1 Å². The molecule has 44 heavy (non-hydrogen) atoms. The van der Waals surface area contributed by atoms with Crippen molar-refractivity contribution < 1.29 is 45.0 Å². The number of benzene rings is 2. The number of anilines is 1. The number of halogens is 6. The van der Waals surface area contributed by atoms with Gasteiger partial charge in [0.2, 0.25) is 0 Å². The molecule has 1 aliphatic heterocycles. The van der Waals surface area contributed by atoms with Crippen LogP contribution < -0.4 is 4.90 Å². The summed E-state index contributed by atoms with van der Waals surface area (Å²) in [5.41, 5.74) is 1.88. The van der Waals surface area contributed by atoms with Gasteiger partial charge in [-0.25, -0.2) is 36.9 Å². The van der Waals surface area contributed by atoms with Crippen LogP contribution in [0.1, 0.15) is 11.4 Å².